The fourth-order valence-corrected chi connectivity index (χ4v) is 2.24. The molecule has 0 saturated heterocycles. The SMILES string of the molecule is COc1c(-c2cnoc2N)cc(Cl)cc1C(C)(C)C. The lowest BCUT2D eigenvalue weighted by Crippen LogP contribution is -2.13. The van der Waals surface area contributed by atoms with E-state index in [-0.39, 0.29) is 11.3 Å². The molecule has 0 radical (unpaired) electrons. The van der Waals surface area contributed by atoms with Crippen LogP contribution in [0.1, 0.15) is 26.3 Å². The zero-order valence-corrected chi connectivity index (χ0v) is 12.2. The quantitative estimate of drug-likeness (QED) is 0.907. The molecule has 5 heteroatoms. The second-order valence-corrected chi connectivity index (χ2v) is 5.82. The molecule has 1 aromatic carbocycles. The third kappa shape index (κ3) is 2.54. The van der Waals surface area contributed by atoms with Crippen molar-refractivity contribution in [2.75, 3.05) is 12.8 Å². The van der Waals surface area contributed by atoms with E-state index in [1.54, 1.807) is 19.4 Å². The van der Waals surface area contributed by atoms with Crippen LogP contribution in [0.4, 0.5) is 5.88 Å². The van der Waals surface area contributed by atoms with Crippen LogP contribution in [0.5, 0.6) is 5.75 Å². The fraction of sp³-hybridized carbons (Fsp3) is 0.357. The Morgan fingerprint density at radius 2 is 1.95 bits per heavy atom. The zero-order valence-electron chi connectivity index (χ0n) is 11.5. The molecule has 0 unspecified atom stereocenters. The lowest BCUT2D eigenvalue weighted by Gasteiger charge is -2.24. The van der Waals surface area contributed by atoms with Crippen molar-refractivity contribution in [2.24, 2.45) is 0 Å². The molecular weight excluding hydrogens is 264 g/mol. The molecule has 19 heavy (non-hydrogen) atoms. The first kappa shape index (κ1) is 13.7. The number of methoxy groups -OCH3 is 1. The Morgan fingerprint density at radius 3 is 2.42 bits per heavy atom. The molecule has 0 spiro atoms. The number of nitrogens with zero attached hydrogens (tertiary/aromatic N) is 1. The predicted molar refractivity (Wildman–Crippen MR) is 76.6 cm³/mol. The highest BCUT2D eigenvalue weighted by Gasteiger charge is 2.24. The van der Waals surface area contributed by atoms with Gasteiger partial charge in [0.05, 0.1) is 18.9 Å². The van der Waals surface area contributed by atoms with Crippen molar-refractivity contribution in [1.82, 2.24) is 5.16 Å². The molecule has 0 aliphatic carbocycles. The molecule has 0 aliphatic heterocycles. The average Bonchev–Trinajstić information content (AvgIpc) is 2.73. The van der Waals surface area contributed by atoms with Gasteiger partial charge in [-0.1, -0.05) is 37.5 Å². The van der Waals surface area contributed by atoms with E-state index in [0.717, 1.165) is 16.9 Å². The van der Waals surface area contributed by atoms with E-state index in [0.29, 0.717) is 10.6 Å². The van der Waals surface area contributed by atoms with Gasteiger partial charge >= 0.3 is 0 Å². The molecule has 0 fully saturated rings. The molecule has 2 N–H and O–H groups in total. The van der Waals surface area contributed by atoms with Crippen molar-refractivity contribution >= 4 is 17.5 Å². The zero-order chi connectivity index (χ0) is 14.2. The van der Waals surface area contributed by atoms with Crippen molar-refractivity contribution in [2.45, 2.75) is 26.2 Å². The Balaban J connectivity index is 2.75. The summed E-state index contributed by atoms with van der Waals surface area (Å²) in [4.78, 5) is 0. The summed E-state index contributed by atoms with van der Waals surface area (Å²) in [6, 6.07) is 3.71. The van der Waals surface area contributed by atoms with Gasteiger partial charge < -0.3 is 15.0 Å². The van der Waals surface area contributed by atoms with E-state index < -0.39 is 0 Å². The highest BCUT2D eigenvalue weighted by molar-refractivity contribution is 6.31. The van der Waals surface area contributed by atoms with Crippen molar-refractivity contribution < 1.29 is 9.26 Å². The van der Waals surface area contributed by atoms with Gasteiger partial charge in [0.1, 0.15) is 5.75 Å². The normalized spacial score (nSPS) is 11.6. The Kier molecular flexibility index (Phi) is 3.45. The summed E-state index contributed by atoms with van der Waals surface area (Å²) in [5.41, 5.74) is 8.16. The maximum Gasteiger partial charge on any atom is 0.230 e. The second-order valence-electron chi connectivity index (χ2n) is 5.39. The summed E-state index contributed by atoms with van der Waals surface area (Å²) in [6.07, 6.45) is 1.57. The largest absolute Gasteiger partial charge is 0.496 e. The van der Waals surface area contributed by atoms with Crippen LogP contribution in [0.25, 0.3) is 11.1 Å². The van der Waals surface area contributed by atoms with E-state index >= 15 is 0 Å². The lowest BCUT2D eigenvalue weighted by atomic mass is 9.84. The lowest BCUT2D eigenvalue weighted by molar-refractivity contribution is 0.399. The Hall–Kier alpha value is -1.68. The average molecular weight is 281 g/mol. The maximum absolute atomic E-state index is 6.21. The molecule has 1 heterocycles. The number of hydrogen-bond donors (Lipinski definition) is 1. The van der Waals surface area contributed by atoms with E-state index in [2.05, 4.69) is 25.9 Å². The molecule has 0 atom stereocenters. The van der Waals surface area contributed by atoms with E-state index in [1.807, 2.05) is 6.07 Å². The molecule has 2 aromatic rings. The number of rotatable bonds is 2. The first-order chi connectivity index (χ1) is 8.84. The third-order valence-electron chi connectivity index (χ3n) is 2.95. The van der Waals surface area contributed by atoms with Crippen LogP contribution in [0.15, 0.2) is 22.9 Å². The summed E-state index contributed by atoms with van der Waals surface area (Å²) < 4.78 is 10.5. The van der Waals surface area contributed by atoms with E-state index in [9.17, 15) is 0 Å². The first-order valence-electron chi connectivity index (χ1n) is 5.93. The number of aromatic nitrogens is 1. The van der Waals surface area contributed by atoms with Crippen molar-refractivity contribution in [3.8, 4) is 16.9 Å². The minimum Gasteiger partial charge on any atom is -0.496 e. The number of nitrogen functional groups attached to an aromatic ring is 1. The Labute approximate surface area is 117 Å². The highest BCUT2D eigenvalue weighted by atomic mass is 35.5. The third-order valence-corrected chi connectivity index (χ3v) is 3.17. The number of nitrogens with two attached hydrogens (primary N) is 1. The molecule has 0 aliphatic rings. The molecule has 0 amide bonds. The molecule has 2 rings (SSSR count). The second kappa shape index (κ2) is 4.78. The van der Waals surface area contributed by atoms with Crippen LogP contribution in [-0.2, 0) is 5.41 Å². The van der Waals surface area contributed by atoms with Gasteiger partial charge in [-0.3, -0.25) is 0 Å². The number of hydrogen-bond acceptors (Lipinski definition) is 4. The van der Waals surface area contributed by atoms with Gasteiger partial charge in [-0.25, -0.2) is 0 Å². The van der Waals surface area contributed by atoms with E-state index in [4.69, 9.17) is 26.6 Å². The van der Waals surface area contributed by atoms with Crippen LogP contribution in [0.2, 0.25) is 5.02 Å². The van der Waals surface area contributed by atoms with Gasteiger partial charge in [0.15, 0.2) is 0 Å². The van der Waals surface area contributed by atoms with Crippen molar-refractivity contribution in [3.63, 3.8) is 0 Å². The summed E-state index contributed by atoms with van der Waals surface area (Å²) in [5, 5.41) is 4.32. The molecule has 102 valence electrons. The standard InChI is InChI=1S/C14H17ClN2O2/c1-14(2,3)11-6-8(15)5-9(12(11)18-4)10-7-17-19-13(10)16/h5-7H,16H2,1-4H3. The molecule has 0 saturated carbocycles. The van der Waals surface area contributed by atoms with Gasteiger partial charge in [-0.2, -0.15) is 0 Å². The molecule has 4 nitrogen and oxygen atoms in total. The first-order valence-corrected chi connectivity index (χ1v) is 6.31. The van der Waals surface area contributed by atoms with Crippen LogP contribution < -0.4 is 10.5 Å². The van der Waals surface area contributed by atoms with E-state index in [1.165, 1.54) is 0 Å². The van der Waals surface area contributed by atoms with Gasteiger partial charge in [-0.15, -0.1) is 0 Å². The van der Waals surface area contributed by atoms with Crippen LogP contribution >= 0.6 is 11.6 Å². The van der Waals surface area contributed by atoms with Crippen molar-refractivity contribution in [1.29, 1.82) is 0 Å². The summed E-state index contributed by atoms with van der Waals surface area (Å²) >= 11 is 6.21. The van der Waals surface area contributed by atoms with Crippen LogP contribution in [0, 0.1) is 0 Å². The van der Waals surface area contributed by atoms with Gasteiger partial charge in [0, 0.05) is 16.1 Å². The highest BCUT2D eigenvalue weighted by Crippen LogP contribution is 2.42. The molecule has 1 aromatic heterocycles. The summed E-state index contributed by atoms with van der Waals surface area (Å²) in [5.74, 6) is 0.993. The van der Waals surface area contributed by atoms with Crippen LogP contribution in [-0.4, -0.2) is 12.3 Å². The number of ether oxygens (including phenoxy) is 1. The van der Waals surface area contributed by atoms with Gasteiger partial charge in [0.2, 0.25) is 5.88 Å². The molecular formula is C14H17ClN2O2. The Bertz CT molecular complexity index is 600. The summed E-state index contributed by atoms with van der Waals surface area (Å²) in [6.45, 7) is 6.30. The summed E-state index contributed by atoms with van der Waals surface area (Å²) in [7, 11) is 1.63. The topological polar surface area (TPSA) is 61.3 Å². The minimum atomic E-state index is -0.100. The number of anilines is 1. The van der Waals surface area contributed by atoms with Gasteiger partial charge in [-0.05, 0) is 17.5 Å². The monoisotopic (exact) mass is 280 g/mol. The minimum absolute atomic E-state index is 0.100. The fourth-order valence-electron chi connectivity index (χ4n) is 2.02. The smallest absolute Gasteiger partial charge is 0.230 e. The maximum atomic E-state index is 6.21. The van der Waals surface area contributed by atoms with Crippen molar-refractivity contribution in [3.05, 3.63) is 28.9 Å². The van der Waals surface area contributed by atoms with Crippen LogP contribution in [0.3, 0.4) is 0 Å². The number of benzene rings is 1. The number of halogens is 1. The Morgan fingerprint density at radius 1 is 1.26 bits per heavy atom. The molecule has 0 bridgehead atoms. The predicted octanol–water partition coefficient (Wildman–Crippen LogP) is 3.88. The van der Waals surface area contributed by atoms with Gasteiger partial charge in [0.25, 0.3) is 0 Å².